The maximum Gasteiger partial charge on any atom is 0.341 e. The number of nitrogens with one attached hydrogen (secondary N) is 1. The maximum absolute atomic E-state index is 13.2. The normalized spacial score (nSPS) is 24.2. The van der Waals surface area contributed by atoms with Crippen molar-refractivity contribution < 1.29 is 24.2 Å². The van der Waals surface area contributed by atoms with E-state index >= 15 is 0 Å². The third-order valence-corrected chi connectivity index (χ3v) is 7.58. The fraction of sp³-hybridized carbons (Fsp3) is 0.458. The van der Waals surface area contributed by atoms with E-state index in [1.165, 1.54) is 11.3 Å². The number of carbonyl (C=O) groups is 3. The second-order valence-corrected chi connectivity index (χ2v) is 9.48. The number of hydrogen-bond donors (Lipinski definition) is 2. The highest BCUT2D eigenvalue weighted by atomic mass is 32.1. The van der Waals surface area contributed by atoms with Gasteiger partial charge in [-0.05, 0) is 63.0 Å². The van der Waals surface area contributed by atoms with Crippen LogP contribution in [0.4, 0.5) is 5.00 Å². The molecule has 1 aromatic heterocycles. The van der Waals surface area contributed by atoms with Gasteiger partial charge in [-0.2, -0.15) is 0 Å². The van der Waals surface area contributed by atoms with Crippen LogP contribution in [0.5, 0.6) is 0 Å². The number of carbonyl (C=O) groups excluding carboxylic acids is 2. The first-order valence-corrected chi connectivity index (χ1v) is 11.6. The molecule has 0 aliphatic heterocycles. The van der Waals surface area contributed by atoms with Crippen LogP contribution < -0.4 is 5.32 Å². The summed E-state index contributed by atoms with van der Waals surface area (Å²) in [5.41, 5.74) is 4.12. The molecule has 1 aromatic carbocycles. The van der Waals surface area contributed by atoms with Crippen LogP contribution in [0.2, 0.25) is 0 Å². The molecular formula is C24H27NO5S. The summed E-state index contributed by atoms with van der Waals surface area (Å²) in [5.74, 6) is -2.75. The van der Waals surface area contributed by atoms with Gasteiger partial charge in [0, 0.05) is 10.9 Å². The molecule has 164 valence electrons. The average Bonchev–Trinajstić information content (AvgIpc) is 3.42. The molecule has 2 aliphatic rings. The molecule has 7 heteroatoms. The predicted octanol–water partition coefficient (Wildman–Crippen LogP) is 4.89. The first-order valence-electron chi connectivity index (χ1n) is 10.7. The summed E-state index contributed by atoms with van der Waals surface area (Å²) < 4.78 is 5.29. The monoisotopic (exact) mass is 441 g/mol. The van der Waals surface area contributed by atoms with Gasteiger partial charge in [0.2, 0.25) is 5.91 Å². The van der Waals surface area contributed by atoms with E-state index in [0.29, 0.717) is 10.6 Å². The fourth-order valence-corrected chi connectivity index (χ4v) is 6.34. The number of benzene rings is 1. The molecule has 1 heterocycles. The number of hydrogen-bond acceptors (Lipinski definition) is 5. The summed E-state index contributed by atoms with van der Waals surface area (Å²) in [7, 11) is 0. The molecule has 0 spiro atoms. The zero-order chi connectivity index (χ0) is 22.3. The maximum atomic E-state index is 13.2. The zero-order valence-corrected chi connectivity index (χ0v) is 18.8. The molecule has 0 unspecified atom stereocenters. The lowest BCUT2D eigenvalue weighted by Crippen LogP contribution is -2.37. The summed E-state index contributed by atoms with van der Waals surface area (Å²) >= 11 is 1.27. The van der Waals surface area contributed by atoms with Crippen LogP contribution in [-0.2, 0) is 14.3 Å². The molecule has 2 N–H and O–H groups in total. The third kappa shape index (κ3) is 3.87. The van der Waals surface area contributed by atoms with Crippen molar-refractivity contribution in [3.05, 3.63) is 40.3 Å². The SMILES string of the molecule is CCOC(=O)c1c(-c2ccc(C)cc2C)csc1NC(=O)[C@H]1[C@H]2CC[C@@H](C2)[C@@H]1C(=O)O. The molecule has 2 aromatic rings. The minimum Gasteiger partial charge on any atom is -0.481 e. The summed E-state index contributed by atoms with van der Waals surface area (Å²) in [6.45, 7) is 5.96. The number of esters is 1. The minimum absolute atomic E-state index is 0.0666. The minimum atomic E-state index is -0.903. The number of ether oxygens (including phenoxy) is 1. The van der Waals surface area contributed by atoms with Crippen molar-refractivity contribution in [1.29, 1.82) is 0 Å². The molecular weight excluding hydrogens is 414 g/mol. The number of thiophene rings is 1. The van der Waals surface area contributed by atoms with Crippen LogP contribution in [-0.4, -0.2) is 29.6 Å². The first-order chi connectivity index (χ1) is 14.8. The van der Waals surface area contributed by atoms with Gasteiger partial charge in [0.15, 0.2) is 0 Å². The topological polar surface area (TPSA) is 92.7 Å². The number of amides is 1. The largest absolute Gasteiger partial charge is 0.481 e. The lowest BCUT2D eigenvalue weighted by molar-refractivity contribution is -0.148. The third-order valence-electron chi connectivity index (χ3n) is 6.68. The number of rotatable bonds is 6. The van der Waals surface area contributed by atoms with Crippen molar-refractivity contribution in [3.63, 3.8) is 0 Å². The van der Waals surface area contributed by atoms with E-state index < -0.39 is 23.8 Å². The molecule has 2 aliphatic carbocycles. The van der Waals surface area contributed by atoms with Gasteiger partial charge in [-0.1, -0.05) is 23.8 Å². The number of anilines is 1. The number of carboxylic acid groups (broad SMARTS) is 1. The van der Waals surface area contributed by atoms with E-state index in [1.807, 2.05) is 37.4 Å². The van der Waals surface area contributed by atoms with E-state index in [2.05, 4.69) is 5.32 Å². The van der Waals surface area contributed by atoms with E-state index in [1.54, 1.807) is 6.92 Å². The summed E-state index contributed by atoms with van der Waals surface area (Å²) in [6.07, 6.45) is 2.54. The van der Waals surface area contributed by atoms with Gasteiger partial charge in [-0.25, -0.2) is 4.79 Å². The first kappa shape index (κ1) is 21.6. The molecule has 2 fully saturated rings. The van der Waals surface area contributed by atoms with E-state index in [9.17, 15) is 19.5 Å². The van der Waals surface area contributed by atoms with E-state index in [0.717, 1.165) is 41.5 Å². The Morgan fingerprint density at radius 2 is 1.84 bits per heavy atom. The molecule has 1 amide bonds. The highest BCUT2D eigenvalue weighted by Gasteiger charge is 2.54. The molecule has 4 atom stereocenters. The number of fused-ring (bicyclic) bond motifs is 2. The highest BCUT2D eigenvalue weighted by Crippen LogP contribution is 2.53. The lowest BCUT2D eigenvalue weighted by Gasteiger charge is -2.27. The van der Waals surface area contributed by atoms with Gasteiger partial charge in [0.25, 0.3) is 0 Å². The smallest absolute Gasteiger partial charge is 0.341 e. The lowest BCUT2D eigenvalue weighted by atomic mass is 9.78. The van der Waals surface area contributed by atoms with Crippen LogP contribution >= 0.6 is 11.3 Å². The molecule has 2 saturated carbocycles. The van der Waals surface area contributed by atoms with Crippen LogP contribution in [0.15, 0.2) is 23.6 Å². The molecule has 4 rings (SSSR count). The fourth-order valence-electron chi connectivity index (χ4n) is 5.39. The van der Waals surface area contributed by atoms with Crippen LogP contribution in [0.3, 0.4) is 0 Å². The predicted molar refractivity (Wildman–Crippen MR) is 119 cm³/mol. The molecule has 0 radical (unpaired) electrons. The van der Waals surface area contributed by atoms with Crippen molar-refractivity contribution in [2.24, 2.45) is 23.7 Å². The van der Waals surface area contributed by atoms with E-state index in [4.69, 9.17) is 4.74 Å². The second kappa shape index (κ2) is 8.46. The molecule has 2 bridgehead atoms. The highest BCUT2D eigenvalue weighted by molar-refractivity contribution is 7.15. The summed E-state index contributed by atoms with van der Waals surface area (Å²) in [4.78, 5) is 37.9. The summed E-state index contributed by atoms with van der Waals surface area (Å²) in [6, 6.07) is 6.00. The average molecular weight is 442 g/mol. The molecule has 6 nitrogen and oxygen atoms in total. The standard InChI is InChI=1S/C24H27NO5S/c1-4-30-24(29)20-17(16-8-5-12(2)9-13(16)3)11-31-22(20)25-21(26)18-14-6-7-15(10-14)19(18)23(27)28/h5,8-9,11,14-15,18-19H,4,6-7,10H2,1-3H3,(H,25,26)(H,27,28)/t14-,15-,18-,19-/m0/s1. The Bertz CT molecular complexity index is 1040. The Morgan fingerprint density at radius 3 is 2.48 bits per heavy atom. The van der Waals surface area contributed by atoms with Gasteiger partial charge in [0.05, 0.1) is 18.4 Å². The van der Waals surface area contributed by atoms with Crippen molar-refractivity contribution in [3.8, 4) is 11.1 Å². The van der Waals surface area contributed by atoms with Gasteiger partial charge in [-0.15, -0.1) is 11.3 Å². The van der Waals surface area contributed by atoms with Crippen LogP contribution in [0.25, 0.3) is 11.1 Å². The quantitative estimate of drug-likeness (QED) is 0.623. The Balaban J connectivity index is 1.68. The van der Waals surface area contributed by atoms with E-state index in [-0.39, 0.29) is 24.3 Å². The second-order valence-electron chi connectivity index (χ2n) is 8.60. The number of carboxylic acids is 1. The van der Waals surface area contributed by atoms with Gasteiger partial charge in [-0.3, -0.25) is 9.59 Å². The van der Waals surface area contributed by atoms with Gasteiger partial charge in [0.1, 0.15) is 10.6 Å². The van der Waals surface area contributed by atoms with Crippen molar-refractivity contribution in [2.75, 3.05) is 11.9 Å². The molecule has 0 saturated heterocycles. The van der Waals surface area contributed by atoms with Crippen molar-refractivity contribution in [2.45, 2.75) is 40.0 Å². The Morgan fingerprint density at radius 1 is 1.13 bits per heavy atom. The van der Waals surface area contributed by atoms with Crippen molar-refractivity contribution >= 4 is 34.2 Å². The van der Waals surface area contributed by atoms with Crippen molar-refractivity contribution in [1.82, 2.24) is 0 Å². The Kier molecular flexibility index (Phi) is 5.88. The molecule has 31 heavy (non-hydrogen) atoms. The Hall–Kier alpha value is -2.67. The number of aryl methyl sites for hydroxylation is 2. The van der Waals surface area contributed by atoms with Gasteiger partial charge >= 0.3 is 11.9 Å². The van der Waals surface area contributed by atoms with Crippen LogP contribution in [0.1, 0.15) is 47.7 Å². The van der Waals surface area contributed by atoms with Gasteiger partial charge < -0.3 is 15.2 Å². The van der Waals surface area contributed by atoms with Crippen LogP contribution in [0, 0.1) is 37.5 Å². The zero-order valence-electron chi connectivity index (χ0n) is 17.9. The summed E-state index contributed by atoms with van der Waals surface area (Å²) in [5, 5.41) is 14.9. The number of aliphatic carboxylic acids is 1. The Labute approximate surface area is 185 Å².